The largest absolute Gasteiger partial charge is 0.463 e. The van der Waals surface area contributed by atoms with Crippen LogP contribution < -0.4 is 10.6 Å². The standard InChI is InChI=1S/C16H18BrN5O2/c1-3-24-16(23)14-10(2)18-9-19-15(14)13-8-20-22(21-13)12-6-4-11(17)5-7-12/h4-8,15,18-19H,3,9H2,1-2H3. The van der Waals surface area contributed by atoms with Crippen molar-refractivity contribution in [1.82, 2.24) is 25.6 Å². The molecule has 2 heterocycles. The summed E-state index contributed by atoms with van der Waals surface area (Å²) in [4.78, 5) is 13.8. The molecule has 2 N–H and O–H groups in total. The number of carbonyl (C=O) groups excluding carboxylic acids is 1. The minimum atomic E-state index is -0.352. The molecule has 126 valence electrons. The van der Waals surface area contributed by atoms with Crippen LogP contribution >= 0.6 is 15.9 Å². The summed E-state index contributed by atoms with van der Waals surface area (Å²) in [5, 5.41) is 15.2. The van der Waals surface area contributed by atoms with Gasteiger partial charge in [0.25, 0.3) is 0 Å². The number of carbonyl (C=O) groups is 1. The minimum Gasteiger partial charge on any atom is -0.463 e. The smallest absolute Gasteiger partial charge is 0.337 e. The Bertz CT molecular complexity index is 769. The van der Waals surface area contributed by atoms with Gasteiger partial charge in [-0.3, -0.25) is 5.32 Å². The average molecular weight is 392 g/mol. The highest BCUT2D eigenvalue weighted by Gasteiger charge is 2.30. The van der Waals surface area contributed by atoms with Crippen LogP contribution in [0.15, 0.2) is 46.2 Å². The van der Waals surface area contributed by atoms with E-state index in [0.29, 0.717) is 24.5 Å². The van der Waals surface area contributed by atoms with Crippen LogP contribution in [-0.4, -0.2) is 34.2 Å². The molecule has 1 aromatic heterocycles. The van der Waals surface area contributed by atoms with Gasteiger partial charge in [0, 0.05) is 10.2 Å². The molecule has 0 saturated heterocycles. The van der Waals surface area contributed by atoms with E-state index in [0.717, 1.165) is 15.9 Å². The van der Waals surface area contributed by atoms with E-state index in [-0.39, 0.29) is 12.0 Å². The number of hydrogen-bond donors (Lipinski definition) is 2. The van der Waals surface area contributed by atoms with Crippen molar-refractivity contribution in [1.29, 1.82) is 0 Å². The predicted octanol–water partition coefficient (Wildman–Crippen LogP) is 2.06. The van der Waals surface area contributed by atoms with E-state index in [4.69, 9.17) is 4.74 Å². The number of benzene rings is 1. The highest BCUT2D eigenvalue weighted by atomic mass is 79.9. The molecule has 8 heteroatoms. The molecular formula is C16H18BrN5O2. The van der Waals surface area contributed by atoms with Crippen LogP contribution in [0.5, 0.6) is 0 Å². The molecule has 1 aliphatic heterocycles. The topological polar surface area (TPSA) is 81.1 Å². The third-order valence-electron chi connectivity index (χ3n) is 3.71. The maximum absolute atomic E-state index is 12.3. The van der Waals surface area contributed by atoms with E-state index in [1.54, 1.807) is 17.9 Å². The summed E-state index contributed by atoms with van der Waals surface area (Å²) in [5.41, 5.74) is 2.83. The summed E-state index contributed by atoms with van der Waals surface area (Å²) >= 11 is 3.41. The lowest BCUT2D eigenvalue weighted by atomic mass is 10.0. The second kappa shape index (κ2) is 7.14. The van der Waals surface area contributed by atoms with Gasteiger partial charge in [-0.25, -0.2) is 4.79 Å². The van der Waals surface area contributed by atoms with Gasteiger partial charge in [-0.05, 0) is 38.1 Å². The number of nitrogens with one attached hydrogen (secondary N) is 2. The maximum atomic E-state index is 12.3. The molecule has 1 aromatic carbocycles. The van der Waals surface area contributed by atoms with Gasteiger partial charge in [-0.1, -0.05) is 15.9 Å². The Balaban J connectivity index is 1.91. The number of allylic oxidation sites excluding steroid dienone is 1. The fourth-order valence-corrected chi connectivity index (χ4v) is 2.80. The first-order chi connectivity index (χ1) is 11.6. The molecule has 3 rings (SSSR count). The first-order valence-electron chi connectivity index (χ1n) is 7.63. The number of esters is 1. The second-order valence-electron chi connectivity index (χ2n) is 5.29. The Labute approximate surface area is 148 Å². The van der Waals surface area contributed by atoms with Crippen molar-refractivity contribution >= 4 is 21.9 Å². The van der Waals surface area contributed by atoms with Crippen LogP contribution in [-0.2, 0) is 9.53 Å². The van der Waals surface area contributed by atoms with Gasteiger partial charge in [-0.15, -0.1) is 0 Å². The van der Waals surface area contributed by atoms with Gasteiger partial charge in [-0.2, -0.15) is 15.0 Å². The van der Waals surface area contributed by atoms with E-state index >= 15 is 0 Å². The number of nitrogens with zero attached hydrogens (tertiary/aromatic N) is 3. The highest BCUT2D eigenvalue weighted by molar-refractivity contribution is 9.10. The Kier molecular flexibility index (Phi) is 4.96. The van der Waals surface area contributed by atoms with Crippen LogP contribution in [0, 0.1) is 0 Å². The summed E-state index contributed by atoms with van der Waals surface area (Å²) in [7, 11) is 0. The number of rotatable bonds is 4. The van der Waals surface area contributed by atoms with Crippen LogP contribution in [0.4, 0.5) is 0 Å². The summed E-state index contributed by atoms with van der Waals surface area (Å²) < 4.78 is 6.16. The monoisotopic (exact) mass is 391 g/mol. The molecule has 1 atom stereocenters. The van der Waals surface area contributed by atoms with Crippen molar-refractivity contribution in [3.05, 3.63) is 51.9 Å². The lowest BCUT2D eigenvalue weighted by molar-refractivity contribution is -0.139. The normalized spacial score (nSPS) is 17.5. The van der Waals surface area contributed by atoms with E-state index in [1.807, 2.05) is 31.2 Å². The molecule has 0 saturated carbocycles. The van der Waals surface area contributed by atoms with Crippen molar-refractivity contribution in [2.45, 2.75) is 19.9 Å². The Morgan fingerprint density at radius 2 is 2.17 bits per heavy atom. The van der Waals surface area contributed by atoms with Crippen molar-refractivity contribution in [2.24, 2.45) is 0 Å². The average Bonchev–Trinajstić information content (AvgIpc) is 3.05. The molecule has 1 aliphatic rings. The lowest BCUT2D eigenvalue weighted by Gasteiger charge is -2.27. The lowest BCUT2D eigenvalue weighted by Crippen LogP contribution is -2.41. The van der Waals surface area contributed by atoms with Gasteiger partial charge in [0.05, 0.1) is 36.8 Å². The molecule has 1 unspecified atom stereocenters. The Morgan fingerprint density at radius 3 is 2.88 bits per heavy atom. The van der Waals surface area contributed by atoms with Crippen LogP contribution in [0.1, 0.15) is 25.6 Å². The number of halogens is 1. The van der Waals surface area contributed by atoms with Crippen LogP contribution in [0.25, 0.3) is 5.69 Å². The van der Waals surface area contributed by atoms with E-state index in [9.17, 15) is 4.79 Å². The molecule has 0 bridgehead atoms. The number of aromatic nitrogens is 3. The maximum Gasteiger partial charge on any atom is 0.337 e. The molecule has 0 spiro atoms. The fraction of sp³-hybridized carbons (Fsp3) is 0.312. The molecule has 24 heavy (non-hydrogen) atoms. The van der Waals surface area contributed by atoms with Crippen LogP contribution in [0.3, 0.4) is 0 Å². The summed E-state index contributed by atoms with van der Waals surface area (Å²) in [6.45, 7) is 4.52. The zero-order chi connectivity index (χ0) is 17.1. The minimum absolute atomic E-state index is 0.327. The fourth-order valence-electron chi connectivity index (χ4n) is 2.54. The molecule has 7 nitrogen and oxygen atoms in total. The molecular weight excluding hydrogens is 374 g/mol. The van der Waals surface area contributed by atoms with Gasteiger partial charge < -0.3 is 10.1 Å². The summed E-state index contributed by atoms with van der Waals surface area (Å²) in [6.07, 6.45) is 1.66. The van der Waals surface area contributed by atoms with Crippen molar-refractivity contribution < 1.29 is 9.53 Å². The van der Waals surface area contributed by atoms with Crippen LogP contribution in [0.2, 0.25) is 0 Å². The SMILES string of the molecule is CCOC(=O)C1=C(C)NCNC1c1cnn(-c2ccc(Br)cc2)n1. The quantitative estimate of drug-likeness (QED) is 0.776. The Morgan fingerprint density at radius 1 is 1.42 bits per heavy atom. The van der Waals surface area contributed by atoms with Crippen molar-refractivity contribution in [2.75, 3.05) is 13.3 Å². The van der Waals surface area contributed by atoms with E-state index in [1.165, 1.54) is 0 Å². The number of hydrogen-bond acceptors (Lipinski definition) is 6. The third kappa shape index (κ3) is 3.34. The predicted molar refractivity (Wildman–Crippen MR) is 92.3 cm³/mol. The van der Waals surface area contributed by atoms with Gasteiger partial charge >= 0.3 is 5.97 Å². The van der Waals surface area contributed by atoms with Gasteiger partial charge in [0.15, 0.2) is 0 Å². The van der Waals surface area contributed by atoms with Gasteiger partial charge in [0.2, 0.25) is 0 Å². The highest BCUT2D eigenvalue weighted by Crippen LogP contribution is 2.25. The Hall–Kier alpha value is -2.19. The van der Waals surface area contributed by atoms with Crippen molar-refractivity contribution in [3.8, 4) is 5.69 Å². The van der Waals surface area contributed by atoms with E-state index in [2.05, 4.69) is 36.8 Å². The molecule has 0 radical (unpaired) electrons. The molecule has 2 aromatic rings. The van der Waals surface area contributed by atoms with Gasteiger partial charge in [0.1, 0.15) is 5.69 Å². The molecule has 0 aliphatic carbocycles. The zero-order valence-corrected chi connectivity index (χ0v) is 15.0. The first-order valence-corrected chi connectivity index (χ1v) is 8.42. The number of ether oxygens (including phenoxy) is 1. The second-order valence-corrected chi connectivity index (χ2v) is 6.20. The van der Waals surface area contributed by atoms with Crippen molar-refractivity contribution in [3.63, 3.8) is 0 Å². The van der Waals surface area contributed by atoms with E-state index < -0.39 is 0 Å². The molecule has 0 fully saturated rings. The summed E-state index contributed by atoms with van der Waals surface area (Å²) in [6, 6.07) is 7.33. The zero-order valence-electron chi connectivity index (χ0n) is 13.4. The molecule has 0 amide bonds. The third-order valence-corrected chi connectivity index (χ3v) is 4.24. The first kappa shape index (κ1) is 16.7. The summed E-state index contributed by atoms with van der Waals surface area (Å²) in [5.74, 6) is -0.349.